The average Bonchev–Trinajstić information content (AvgIpc) is 3.41. The maximum absolute atomic E-state index is 12.1. The molecule has 2 aromatic rings. The van der Waals surface area contributed by atoms with Gasteiger partial charge in [0.15, 0.2) is 0 Å². The van der Waals surface area contributed by atoms with Crippen LogP contribution in [0.5, 0.6) is 0 Å². The maximum atomic E-state index is 12.1. The lowest BCUT2D eigenvalue weighted by Gasteiger charge is -2.07. The zero-order chi connectivity index (χ0) is 17.9. The van der Waals surface area contributed by atoms with Crippen molar-refractivity contribution >= 4 is 45.0 Å². The number of halogens is 1. The second-order valence-electron chi connectivity index (χ2n) is 5.84. The normalized spacial score (nSPS) is 14.4. The van der Waals surface area contributed by atoms with Crippen LogP contribution in [0.2, 0.25) is 5.02 Å². The van der Waals surface area contributed by atoms with Crippen LogP contribution in [-0.2, 0) is 14.8 Å². The molecule has 0 atom stereocenters. The summed E-state index contributed by atoms with van der Waals surface area (Å²) in [6.07, 6.45) is 3.36. The Kier molecular flexibility index (Phi) is 5.11. The molecule has 1 amide bonds. The minimum absolute atomic E-state index is 0.0132. The minimum atomic E-state index is -3.63. The molecule has 0 heterocycles. The quantitative estimate of drug-likeness (QED) is 0.796. The van der Waals surface area contributed by atoms with Crippen LogP contribution in [0, 0.1) is 5.92 Å². The second kappa shape index (κ2) is 7.29. The Morgan fingerprint density at radius 3 is 2.20 bits per heavy atom. The largest absolute Gasteiger partial charge is 0.326 e. The van der Waals surface area contributed by atoms with Gasteiger partial charge in [0.05, 0.1) is 5.41 Å². The number of sulfonamides is 1. The first-order valence-electron chi connectivity index (χ1n) is 7.79. The minimum Gasteiger partial charge on any atom is -0.326 e. The molecule has 0 unspecified atom stereocenters. The number of amides is 1. The van der Waals surface area contributed by atoms with E-state index in [9.17, 15) is 13.2 Å². The molecule has 1 aliphatic carbocycles. The smallest absolute Gasteiger partial charge is 0.255 e. The topological polar surface area (TPSA) is 75.3 Å². The molecular weight excluding hydrogens is 360 g/mol. The Hall–Kier alpha value is -2.31. The fourth-order valence-corrected chi connectivity index (χ4v) is 3.15. The van der Waals surface area contributed by atoms with Gasteiger partial charge in [0, 0.05) is 22.3 Å². The lowest BCUT2D eigenvalue weighted by molar-refractivity contribution is -0.117. The van der Waals surface area contributed by atoms with Gasteiger partial charge in [0.1, 0.15) is 0 Å². The first-order valence-corrected chi connectivity index (χ1v) is 9.71. The van der Waals surface area contributed by atoms with Crippen LogP contribution in [0.25, 0.3) is 6.08 Å². The van der Waals surface area contributed by atoms with Crippen molar-refractivity contribution in [1.29, 1.82) is 0 Å². The van der Waals surface area contributed by atoms with Gasteiger partial charge < -0.3 is 5.32 Å². The molecule has 2 N–H and O–H groups in total. The first-order chi connectivity index (χ1) is 11.9. The molecule has 0 saturated heterocycles. The van der Waals surface area contributed by atoms with Crippen molar-refractivity contribution in [2.24, 2.45) is 5.92 Å². The first kappa shape index (κ1) is 17.5. The molecule has 5 nitrogen and oxygen atoms in total. The Balaban J connectivity index is 1.61. The Bertz CT molecular complexity index is 887. The summed E-state index contributed by atoms with van der Waals surface area (Å²) in [5.41, 5.74) is 1.80. The number of hydrogen-bond donors (Lipinski definition) is 2. The highest BCUT2D eigenvalue weighted by atomic mass is 35.5. The zero-order valence-electron chi connectivity index (χ0n) is 13.3. The van der Waals surface area contributed by atoms with Crippen molar-refractivity contribution in [3.8, 4) is 0 Å². The standard InChI is InChI=1S/C18H17ClN2O3S/c19-15-5-1-13(2-6-15)11-12-25(23,24)21-17-9-7-16(8-10-17)20-18(22)14-3-4-14/h1-2,5-12,14,21H,3-4H2,(H,20,22)/b12-11+. The number of nitrogens with one attached hydrogen (secondary N) is 2. The molecule has 3 rings (SSSR count). The Morgan fingerprint density at radius 2 is 1.60 bits per heavy atom. The molecular formula is C18H17ClN2O3S. The van der Waals surface area contributed by atoms with E-state index in [0.717, 1.165) is 23.8 Å². The summed E-state index contributed by atoms with van der Waals surface area (Å²) >= 11 is 5.79. The summed E-state index contributed by atoms with van der Waals surface area (Å²) in [4.78, 5) is 11.7. The molecule has 0 radical (unpaired) electrons. The van der Waals surface area contributed by atoms with Crippen molar-refractivity contribution in [3.05, 3.63) is 64.5 Å². The van der Waals surface area contributed by atoms with E-state index in [-0.39, 0.29) is 11.8 Å². The number of carbonyl (C=O) groups excluding carboxylic acids is 1. The van der Waals surface area contributed by atoms with Crippen LogP contribution in [0.3, 0.4) is 0 Å². The number of hydrogen-bond acceptors (Lipinski definition) is 3. The van der Waals surface area contributed by atoms with Gasteiger partial charge in [-0.05, 0) is 60.9 Å². The molecule has 1 fully saturated rings. The average molecular weight is 377 g/mol. The van der Waals surface area contributed by atoms with Gasteiger partial charge in [-0.15, -0.1) is 0 Å². The Morgan fingerprint density at radius 1 is 1.00 bits per heavy atom. The van der Waals surface area contributed by atoms with E-state index in [4.69, 9.17) is 11.6 Å². The molecule has 25 heavy (non-hydrogen) atoms. The lowest BCUT2D eigenvalue weighted by atomic mass is 10.2. The van der Waals surface area contributed by atoms with E-state index >= 15 is 0 Å². The Labute approximate surface area is 151 Å². The highest BCUT2D eigenvalue weighted by molar-refractivity contribution is 7.95. The highest BCUT2D eigenvalue weighted by Gasteiger charge is 2.29. The summed E-state index contributed by atoms with van der Waals surface area (Å²) < 4.78 is 26.7. The van der Waals surface area contributed by atoms with Gasteiger partial charge in [-0.3, -0.25) is 9.52 Å². The number of benzene rings is 2. The predicted octanol–water partition coefficient (Wildman–Crippen LogP) is 4.10. The van der Waals surface area contributed by atoms with Crippen LogP contribution in [0.1, 0.15) is 18.4 Å². The zero-order valence-corrected chi connectivity index (χ0v) is 14.8. The number of anilines is 2. The highest BCUT2D eigenvalue weighted by Crippen LogP contribution is 2.30. The van der Waals surface area contributed by atoms with Crippen molar-refractivity contribution in [1.82, 2.24) is 0 Å². The van der Waals surface area contributed by atoms with Crippen LogP contribution >= 0.6 is 11.6 Å². The van der Waals surface area contributed by atoms with Crippen LogP contribution in [0.15, 0.2) is 53.9 Å². The molecule has 1 saturated carbocycles. The van der Waals surface area contributed by atoms with E-state index < -0.39 is 10.0 Å². The summed E-state index contributed by atoms with van der Waals surface area (Å²) in [5, 5.41) is 4.49. The molecule has 0 aliphatic heterocycles. The molecule has 0 spiro atoms. The van der Waals surface area contributed by atoms with Crippen LogP contribution in [0.4, 0.5) is 11.4 Å². The third-order valence-electron chi connectivity index (χ3n) is 3.67. The molecule has 0 aromatic heterocycles. The second-order valence-corrected chi connectivity index (χ2v) is 7.84. The van der Waals surface area contributed by atoms with E-state index in [0.29, 0.717) is 16.4 Å². The SMILES string of the molecule is O=C(Nc1ccc(NS(=O)(=O)/C=C/c2ccc(Cl)cc2)cc1)C1CC1. The fourth-order valence-electron chi connectivity index (χ4n) is 2.15. The van der Waals surface area contributed by atoms with E-state index in [1.165, 1.54) is 6.08 Å². The maximum Gasteiger partial charge on any atom is 0.255 e. The van der Waals surface area contributed by atoms with Gasteiger partial charge in [0.2, 0.25) is 5.91 Å². The summed E-state index contributed by atoms with van der Waals surface area (Å²) in [6, 6.07) is 13.4. The molecule has 1 aliphatic rings. The van der Waals surface area contributed by atoms with Crippen molar-refractivity contribution in [3.63, 3.8) is 0 Å². The van der Waals surface area contributed by atoms with Crippen LogP contribution in [-0.4, -0.2) is 14.3 Å². The summed E-state index contributed by atoms with van der Waals surface area (Å²) in [7, 11) is -3.63. The predicted molar refractivity (Wildman–Crippen MR) is 101 cm³/mol. The third-order valence-corrected chi connectivity index (χ3v) is 4.94. The van der Waals surface area contributed by atoms with Gasteiger partial charge in [0.25, 0.3) is 10.0 Å². The van der Waals surface area contributed by atoms with E-state index in [2.05, 4.69) is 10.0 Å². The summed E-state index contributed by atoms with van der Waals surface area (Å²) in [6.45, 7) is 0. The van der Waals surface area contributed by atoms with Gasteiger partial charge in [-0.2, -0.15) is 0 Å². The lowest BCUT2D eigenvalue weighted by Crippen LogP contribution is -2.13. The monoisotopic (exact) mass is 376 g/mol. The summed E-state index contributed by atoms with van der Waals surface area (Å²) in [5.74, 6) is 0.135. The van der Waals surface area contributed by atoms with E-state index in [1.807, 2.05) is 0 Å². The molecule has 7 heteroatoms. The van der Waals surface area contributed by atoms with Gasteiger partial charge in [-0.25, -0.2) is 8.42 Å². The van der Waals surface area contributed by atoms with Crippen molar-refractivity contribution in [2.45, 2.75) is 12.8 Å². The fraction of sp³-hybridized carbons (Fsp3) is 0.167. The van der Waals surface area contributed by atoms with Gasteiger partial charge in [-0.1, -0.05) is 23.7 Å². The van der Waals surface area contributed by atoms with E-state index in [1.54, 1.807) is 48.5 Å². The number of rotatable bonds is 6. The molecule has 0 bridgehead atoms. The van der Waals surface area contributed by atoms with Crippen molar-refractivity contribution < 1.29 is 13.2 Å². The van der Waals surface area contributed by atoms with Crippen LogP contribution < -0.4 is 10.0 Å². The molecule has 130 valence electrons. The third kappa shape index (κ3) is 5.34. The van der Waals surface area contributed by atoms with Gasteiger partial charge >= 0.3 is 0 Å². The van der Waals surface area contributed by atoms with Crippen molar-refractivity contribution in [2.75, 3.05) is 10.0 Å². The molecule has 2 aromatic carbocycles. The number of carbonyl (C=O) groups is 1.